The molecule has 0 aliphatic carbocycles. The summed E-state index contributed by atoms with van der Waals surface area (Å²) in [4.78, 5) is 0. The van der Waals surface area contributed by atoms with E-state index >= 15 is 0 Å². The molecule has 0 saturated carbocycles. The number of rotatable bonds is 4. The summed E-state index contributed by atoms with van der Waals surface area (Å²) >= 11 is 5.96. The Morgan fingerprint density at radius 3 is 2.16 bits per heavy atom. The SMILES string of the molecule is COc1ccc(C(O)c2ccc(Cl)c(OC)c2)cc1. The molecule has 0 aromatic heterocycles. The summed E-state index contributed by atoms with van der Waals surface area (Å²) in [5, 5.41) is 10.8. The van der Waals surface area contributed by atoms with Gasteiger partial charge in [0.25, 0.3) is 0 Å². The first kappa shape index (κ1) is 13.7. The second-order valence-corrected chi connectivity index (χ2v) is 4.48. The highest BCUT2D eigenvalue weighted by Gasteiger charge is 2.12. The van der Waals surface area contributed by atoms with Crippen molar-refractivity contribution in [3.8, 4) is 11.5 Å². The lowest BCUT2D eigenvalue weighted by atomic mass is 10.0. The van der Waals surface area contributed by atoms with Crippen LogP contribution in [-0.2, 0) is 0 Å². The average molecular weight is 279 g/mol. The molecule has 0 spiro atoms. The molecule has 19 heavy (non-hydrogen) atoms. The van der Waals surface area contributed by atoms with Gasteiger partial charge >= 0.3 is 0 Å². The summed E-state index contributed by atoms with van der Waals surface area (Å²) in [5.41, 5.74) is 1.51. The Hall–Kier alpha value is -1.71. The summed E-state index contributed by atoms with van der Waals surface area (Å²) in [5.74, 6) is 1.30. The van der Waals surface area contributed by atoms with Gasteiger partial charge in [-0.15, -0.1) is 0 Å². The molecule has 3 nitrogen and oxygen atoms in total. The van der Waals surface area contributed by atoms with E-state index in [2.05, 4.69) is 0 Å². The van der Waals surface area contributed by atoms with E-state index < -0.39 is 6.10 Å². The van der Waals surface area contributed by atoms with Gasteiger partial charge in [-0.25, -0.2) is 0 Å². The van der Waals surface area contributed by atoms with Gasteiger partial charge in [0.1, 0.15) is 17.6 Å². The van der Waals surface area contributed by atoms with Crippen molar-refractivity contribution in [2.75, 3.05) is 14.2 Å². The van der Waals surface area contributed by atoms with Gasteiger partial charge in [-0.3, -0.25) is 0 Å². The highest BCUT2D eigenvalue weighted by Crippen LogP contribution is 2.30. The van der Waals surface area contributed by atoms with Crippen LogP contribution in [0.2, 0.25) is 5.02 Å². The molecule has 0 bridgehead atoms. The Kier molecular flexibility index (Phi) is 4.30. The van der Waals surface area contributed by atoms with E-state index in [1.807, 2.05) is 24.3 Å². The van der Waals surface area contributed by atoms with Gasteiger partial charge in [0.05, 0.1) is 19.2 Å². The Bertz CT molecular complexity index is 552. The second kappa shape index (κ2) is 5.95. The predicted octanol–water partition coefficient (Wildman–Crippen LogP) is 3.44. The molecule has 2 aromatic rings. The van der Waals surface area contributed by atoms with Crippen molar-refractivity contribution in [3.63, 3.8) is 0 Å². The lowest BCUT2D eigenvalue weighted by molar-refractivity contribution is 0.219. The smallest absolute Gasteiger partial charge is 0.137 e. The fraction of sp³-hybridized carbons (Fsp3) is 0.200. The molecule has 4 heteroatoms. The molecular formula is C15H15ClO3. The van der Waals surface area contributed by atoms with Gasteiger partial charge in [-0.05, 0) is 35.4 Å². The summed E-state index contributed by atoms with van der Waals surface area (Å²) in [7, 11) is 3.15. The average Bonchev–Trinajstić information content (AvgIpc) is 2.47. The van der Waals surface area contributed by atoms with Gasteiger partial charge in [0, 0.05) is 0 Å². The largest absolute Gasteiger partial charge is 0.497 e. The molecule has 0 saturated heterocycles. The van der Waals surface area contributed by atoms with E-state index in [0.717, 1.165) is 16.9 Å². The van der Waals surface area contributed by atoms with Crippen LogP contribution in [0.1, 0.15) is 17.2 Å². The maximum absolute atomic E-state index is 10.3. The lowest BCUT2D eigenvalue weighted by Crippen LogP contribution is -2.00. The highest BCUT2D eigenvalue weighted by molar-refractivity contribution is 6.32. The molecule has 1 N–H and O–H groups in total. The van der Waals surface area contributed by atoms with E-state index in [0.29, 0.717) is 10.8 Å². The molecule has 2 aromatic carbocycles. The van der Waals surface area contributed by atoms with Crippen LogP contribution < -0.4 is 9.47 Å². The van der Waals surface area contributed by atoms with Crippen molar-refractivity contribution >= 4 is 11.6 Å². The van der Waals surface area contributed by atoms with E-state index in [9.17, 15) is 5.11 Å². The van der Waals surface area contributed by atoms with Crippen LogP contribution in [0.25, 0.3) is 0 Å². The molecule has 1 atom stereocenters. The molecule has 0 radical (unpaired) electrons. The number of benzene rings is 2. The van der Waals surface area contributed by atoms with Gasteiger partial charge in [-0.1, -0.05) is 29.8 Å². The number of ether oxygens (including phenoxy) is 2. The van der Waals surface area contributed by atoms with Crippen molar-refractivity contribution in [1.29, 1.82) is 0 Å². The van der Waals surface area contributed by atoms with Crippen molar-refractivity contribution < 1.29 is 14.6 Å². The topological polar surface area (TPSA) is 38.7 Å². The van der Waals surface area contributed by atoms with Crippen LogP contribution in [0.4, 0.5) is 0 Å². The Morgan fingerprint density at radius 1 is 0.947 bits per heavy atom. The summed E-state index contributed by atoms with van der Waals surface area (Å²) in [6.07, 6.45) is -0.725. The normalized spacial score (nSPS) is 12.0. The maximum atomic E-state index is 10.3. The van der Waals surface area contributed by atoms with Crippen LogP contribution >= 0.6 is 11.6 Å². The molecule has 0 aliphatic rings. The minimum atomic E-state index is -0.725. The van der Waals surface area contributed by atoms with E-state index in [4.69, 9.17) is 21.1 Å². The zero-order chi connectivity index (χ0) is 13.8. The summed E-state index contributed by atoms with van der Waals surface area (Å²) in [6.45, 7) is 0. The number of aliphatic hydroxyl groups excluding tert-OH is 1. The minimum Gasteiger partial charge on any atom is -0.497 e. The maximum Gasteiger partial charge on any atom is 0.137 e. The summed E-state index contributed by atoms with van der Waals surface area (Å²) < 4.78 is 10.2. The number of hydrogen-bond donors (Lipinski definition) is 1. The van der Waals surface area contributed by atoms with E-state index in [1.54, 1.807) is 32.4 Å². The van der Waals surface area contributed by atoms with Crippen LogP contribution in [-0.4, -0.2) is 19.3 Å². The van der Waals surface area contributed by atoms with Gasteiger partial charge in [0.15, 0.2) is 0 Å². The molecule has 100 valence electrons. The Labute approximate surface area is 117 Å². The van der Waals surface area contributed by atoms with Crippen LogP contribution in [0.15, 0.2) is 42.5 Å². The Morgan fingerprint density at radius 2 is 1.58 bits per heavy atom. The quantitative estimate of drug-likeness (QED) is 0.931. The molecule has 2 rings (SSSR count). The molecule has 0 heterocycles. The highest BCUT2D eigenvalue weighted by atomic mass is 35.5. The zero-order valence-electron chi connectivity index (χ0n) is 10.8. The fourth-order valence-corrected chi connectivity index (χ4v) is 2.02. The molecular weight excluding hydrogens is 264 g/mol. The summed E-state index contributed by atoms with van der Waals surface area (Å²) in [6, 6.07) is 12.5. The van der Waals surface area contributed by atoms with Gasteiger partial charge < -0.3 is 14.6 Å². The first-order chi connectivity index (χ1) is 9.15. The number of aliphatic hydroxyl groups is 1. The lowest BCUT2D eigenvalue weighted by Gasteiger charge is -2.13. The van der Waals surface area contributed by atoms with Crippen LogP contribution in [0.3, 0.4) is 0 Å². The van der Waals surface area contributed by atoms with Crippen molar-refractivity contribution in [3.05, 3.63) is 58.6 Å². The van der Waals surface area contributed by atoms with Crippen molar-refractivity contribution in [1.82, 2.24) is 0 Å². The van der Waals surface area contributed by atoms with Gasteiger partial charge in [-0.2, -0.15) is 0 Å². The molecule has 1 unspecified atom stereocenters. The number of hydrogen-bond acceptors (Lipinski definition) is 3. The van der Waals surface area contributed by atoms with Crippen LogP contribution in [0.5, 0.6) is 11.5 Å². The Balaban J connectivity index is 2.29. The molecule has 0 amide bonds. The number of halogens is 1. The fourth-order valence-electron chi connectivity index (χ4n) is 1.83. The monoisotopic (exact) mass is 278 g/mol. The first-order valence-corrected chi connectivity index (χ1v) is 6.19. The molecule has 0 fully saturated rings. The van der Waals surface area contributed by atoms with Crippen LogP contribution in [0, 0.1) is 0 Å². The van der Waals surface area contributed by atoms with E-state index in [-0.39, 0.29) is 0 Å². The second-order valence-electron chi connectivity index (χ2n) is 4.07. The third kappa shape index (κ3) is 3.00. The molecule has 0 aliphatic heterocycles. The van der Waals surface area contributed by atoms with Gasteiger partial charge in [0.2, 0.25) is 0 Å². The zero-order valence-corrected chi connectivity index (χ0v) is 11.5. The first-order valence-electron chi connectivity index (χ1n) is 5.81. The third-order valence-corrected chi connectivity index (χ3v) is 3.23. The van der Waals surface area contributed by atoms with Crippen molar-refractivity contribution in [2.45, 2.75) is 6.10 Å². The minimum absolute atomic E-state index is 0.521. The number of methoxy groups -OCH3 is 2. The van der Waals surface area contributed by atoms with Crippen molar-refractivity contribution in [2.24, 2.45) is 0 Å². The predicted molar refractivity (Wildman–Crippen MR) is 75.1 cm³/mol. The standard InChI is InChI=1S/C15H15ClO3/c1-18-12-6-3-10(4-7-12)15(17)11-5-8-13(16)14(9-11)19-2/h3-9,15,17H,1-2H3. The van der Waals surface area contributed by atoms with E-state index in [1.165, 1.54) is 0 Å². The third-order valence-electron chi connectivity index (χ3n) is 2.92.